The minimum Gasteiger partial charge on any atom is -0.493 e. The van der Waals surface area contributed by atoms with Gasteiger partial charge in [0.2, 0.25) is 0 Å². The van der Waals surface area contributed by atoms with E-state index in [9.17, 15) is 19.1 Å². The van der Waals surface area contributed by atoms with Gasteiger partial charge in [0.05, 0.1) is 12.5 Å². The maximum atomic E-state index is 13.7. The highest BCUT2D eigenvalue weighted by Crippen LogP contribution is 2.60. The van der Waals surface area contributed by atoms with Gasteiger partial charge in [-0.3, -0.25) is 9.59 Å². The molecule has 3 aromatic rings. The van der Waals surface area contributed by atoms with Crippen molar-refractivity contribution in [1.29, 1.82) is 0 Å². The largest absolute Gasteiger partial charge is 0.493 e. The fourth-order valence-electron chi connectivity index (χ4n) is 8.45. The molecule has 6 heteroatoms. The molecule has 1 amide bonds. The second kappa shape index (κ2) is 12.5. The van der Waals surface area contributed by atoms with E-state index in [1.807, 2.05) is 37.3 Å². The van der Waals surface area contributed by atoms with Crippen LogP contribution in [0.15, 0.2) is 66.7 Å². The monoisotopic (exact) mass is 583 g/mol. The van der Waals surface area contributed by atoms with E-state index in [-0.39, 0.29) is 31.1 Å². The molecule has 2 N–H and O–H groups in total. The Hall–Kier alpha value is -3.67. The van der Waals surface area contributed by atoms with E-state index in [1.165, 1.54) is 56.2 Å². The zero-order chi connectivity index (χ0) is 30.0. The zero-order valence-electron chi connectivity index (χ0n) is 25.0. The van der Waals surface area contributed by atoms with Gasteiger partial charge in [-0.2, -0.15) is 0 Å². The molecule has 226 valence electrons. The maximum absolute atomic E-state index is 13.7. The third-order valence-electron chi connectivity index (χ3n) is 10.0. The number of benzene rings is 3. The van der Waals surface area contributed by atoms with Crippen LogP contribution in [0.4, 0.5) is 4.39 Å². The maximum Gasteiger partial charge on any atom is 0.307 e. The molecule has 4 saturated carbocycles. The first-order chi connectivity index (χ1) is 20.8. The van der Waals surface area contributed by atoms with Crippen molar-refractivity contribution in [2.75, 3.05) is 6.61 Å². The Bertz CT molecular complexity index is 1430. The number of rotatable bonds is 12. The quantitative estimate of drug-likeness (QED) is 0.232. The van der Waals surface area contributed by atoms with E-state index in [1.54, 1.807) is 12.1 Å². The van der Waals surface area contributed by atoms with Crippen molar-refractivity contribution in [2.24, 2.45) is 23.7 Å². The number of hydrogen-bond acceptors (Lipinski definition) is 3. The van der Waals surface area contributed by atoms with Gasteiger partial charge in [0, 0.05) is 17.7 Å². The summed E-state index contributed by atoms with van der Waals surface area (Å²) in [6, 6.07) is 20.0. The Morgan fingerprint density at radius 1 is 0.930 bits per heavy atom. The van der Waals surface area contributed by atoms with Crippen LogP contribution in [0.1, 0.15) is 84.5 Å². The van der Waals surface area contributed by atoms with Gasteiger partial charge in [0.1, 0.15) is 11.6 Å². The van der Waals surface area contributed by atoms with Crippen LogP contribution in [0.5, 0.6) is 5.75 Å². The number of carboxylic acids is 1. The van der Waals surface area contributed by atoms with E-state index in [2.05, 4.69) is 17.4 Å². The molecule has 4 aliphatic carbocycles. The highest BCUT2D eigenvalue weighted by molar-refractivity contribution is 5.94. The number of carbonyl (C=O) groups excluding carboxylic acids is 1. The minimum atomic E-state index is -0.928. The lowest BCUT2D eigenvalue weighted by Gasteiger charge is -2.57. The van der Waals surface area contributed by atoms with Crippen LogP contribution in [-0.2, 0) is 29.6 Å². The Morgan fingerprint density at radius 3 is 2.19 bits per heavy atom. The van der Waals surface area contributed by atoms with Crippen LogP contribution in [0.3, 0.4) is 0 Å². The van der Waals surface area contributed by atoms with Gasteiger partial charge in [0.25, 0.3) is 5.91 Å². The van der Waals surface area contributed by atoms with Crippen LogP contribution < -0.4 is 10.1 Å². The first-order valence-electron chi connectivity index (χ1n) is 15.9. The number of carbonyl (C=O) groups is 2. The summed E-state index contributed by atoms with van der Waals surface area (Å²) in [4.78, 5) is 25.3. The third-order valence-corrected chi connectivity index (χ3v) is 10.0. The molecule has 0 aliphatic heterocycles. The van der Waals surface area contributed by atoms with Gasteiger partial charge < -0.3 is 15.2 Å². The molecule has 0 spiro atoms. The molecule has 1 atom stereocenters. The number of carboxylic acid groups (broad SMARTS) is 1. The van der Waals surface area contributed by atoms with Gasteiger partial charge in [0.15, 0.2) is 0 Å². The smallest absolute Gasteiger partial charge is 0.307 e. The molecule has 4 fully saturated rings. The molecular weight excluding hydrogens is 541 g/mol. The second-order valence-electron chi connectivity index (χ2n) is 13.3. The molecule has 0 heterocycles. The number of nitrogens with one attached hydrogen (secondary N) is 1. The highest BCUT2D eigenvalue weighted by atomic mass is 19.1. The fraction of sp³-hybridized carbons (Fsp3) is 0.459. The van der Waals surface area contributed by atoms with Crippen LogP contribution in [0, 0.1) is 29.5 Å². The highest BCUT2D eigenvalue weighted by Gasteiger charge is 2.51. The Morgan fingerprint density at radius 2 is 1.58 bits per heavy atom. The number of aliphatic carboxylic acids is 1. The Labute approximate surface area is 253 Å². The normalized spacial score (nSPS) is 24.5. The van der Waals surface area contributed by atoms with Gasteiger partial charge in [-0.15, -0.1) is 0 Å². The zero-order valence-corrected chi connectivity index (χ0v) is 25.0. The lowest BCUT2D eigenvalue weighted by atomic mass is 9.48. The van der Waals surface area contributed by atoms with Crippen molar-refractivity contribution in [3.05, 3.63) is 100 Å². The average molecular weight is 584 g/mol. The number of halogens is 1. The van der Waals surface area contributed by atoms with Crippen molar-refractivity contribution in [3.8, 4) is 5.75 Å². The summed E-state index contributed by atoms with van der Waals surface area (Å²) in [6.07, 6.45) is 9.49. The topological polar surface area (TPSA) is 75.6 Å². The summed E-state index contributed by atoms with van der Waals surface area (Å²) in [5, 5.41) is 13.0. The molecule has 5 nitrogen and oxygen atoms in total. The minimum absolute atomic E-state index is 0.140. The van der Waals surface area contributed by atoms with Gasteiger partial charge in [-0.25, -0.2) is 4.39 Å². The molecule has 0 radical (unpaired) electrons. The predicted molar refractivity (Wildman–Crippen MR) is 165 cm³/mol. The Balaban J connectivity index is 1.13. The van der Waals surface area contributed by atoms with Gasteiger partial charge in [-0.1, -0.05) is 43.3 Å². The SMILES string of the molecule is CCCOc1ccc(CC(Cc2cccc(F)c2)C(=O)O)cc1CNC(=O)c1ccc(C23CC4CC(CC(C4)C2)C3)cc1. The predicted octanol–water partition coefficient (Wildman–Crippen LogP) is 7.50. The van der Waals surface area contributed by atoms with Crippen molar-refractivity contribution < 1.29 is 23.8 Å². The number of ether oxygens (including phenoxy) is 1. The molecule has 1 unspecified atom stereocenters. The van der Waals surface area contributed by atoms with E-state index >= 15 is 0 Å². The second-order valence-corrected chi connectivity index (χ2v) is 13.3. The molecule has 7 rings (SSSR count). The molecule has 0 aromatic heterocycles. The fourth-order valence-corrected chi connectivity index (χ4v) is 8.45. The van der Waals surface area contributed by atoms with Crippen molar-refractivity contribution in [3.63, 3.8) is 0 Å². The van der Waals surface area contributed by atoms with E-state index in [0.29, 0.717) is 28.9 Å². The molecule has 4 aliphatic rings. The van der Waals surface area contributed by atoms with Gasteiger partial charge >= 0.3 is 5.97 Å². The van der Waals surface area contributed by atoms with Crippen molar-refractivity contribution in [2.45, 2.75) is 76.7 Å². The molecular formula is C37H42FNO4. The molecule has 4 bridgehead atoms. The number of amides is 1. The van der Waals surface area contributed by atoms with Crippen LogP contribution >= 0.6 is 0 Å². The van der Waals surface area contributed by atoms with Crippen LogP contribution in [-0.4, -0.2) is 23.6 Å². The third kappa shape index (κ3) is 6.63. The summed E-state index contributed by atoms with van der Waals surface area (Å²) in [5.41, 5.74) is 4.63. The summed E-state index contributed by atoms with van der Waals surface area (Å²) in [5.74, 6) is 1.16. The van der Waals surface area contributed by atoms with Gasteiger partial charge in [-0.05, 0) is 128 Å². The summed E-state index contributed by atoms with van der Waals surface area (Å²) >= 11 is 0. The first-order valence-corrected chi connectivity index (χ1v) is 15.9. The summed E-state index contributed by atoms with van der Waals surface area (Å²) in [6.45, 7) is 2.85. The standard InChI is InChI=1S/C37H42FNO4/c1-2-12-43-34-11-6-25(17-30(36(41)42)16-24-4-3-5-33(38)19-24)18-31(34)23-39-35(40)29-7-9-32(10-8-29)37-20-26-13-27(21-37)15-28(14-26)22-37/h3-11,18-19,26-28,30H,2,12-17,20-23H2,1H3,(H,39,40)(H,41,42). The summed E-state index contributed by atoms with van der Waals surface area (Å²) < 4.78 is 19.7. The first kappa shape index (κ1) is 29.4. The number of hydrogen-bond donors (Lipinski definition) is 2. The summed E-state index contributed by atoms with van der Waals surface area (Å²) in [7, 11) is 0. The Kier molecular flexibility index (Phi) is 8.56. The van der Waals surface area contributed by atoms with E-state index < -0.39 is 11.9 Å². The average Bonchev–Trinajstić information content (AvgIpc) is 2.98. The molecule has 0 saturated heterocycles. The van der Waals surface area contributed by atoms with Crippen LogP contribution in [0.2, 0.25) is 0 Å². The molecule has 3 aromatic carbocycles. The van der Waals surface area contributed by atoms with E-state index in [4.69, 9.17) is 4.74 Å². The van der Waals surface area contributed by atoms with Crippen LogP contribution in [0.25, 0.3) is 0 Å². The van der Waals surface area contributed by atoms with Crippen molar-refractivity contribution >= 4 is 11.9 Å². The molecule has 43 heavy (non-hydrogen) atoms. The van der Waals surface area contributed by atoms with Crippen molar-refractivity contribution in [1.82, 2.24) is 5.32 Å². The lowest BCUT2D eigenvalue weighted by Crippen LogP contribution is -2.48. The lowest BCUT2D eigenvalue weighted by molar-refractivity contribution is -0.141. The van der Waals surface area contributed by atoms with E-state index in [0.717, 1.165) is 35.3 Å².